The van der Waals surface area contributed by atoms with Gasteiger partial charge in [0.2, 0.25) is 0 Å². The molecule has 0 rings (SSSR count). The van der Waals surface area contributed by atoms with E-state index in [0.29, 0.717) is 12.8 Å². The van der Waals surface area contributed by atoms with E-state index in [-0.39, 0.29) is 37.5 Å². The monoisotopic (exact) mass is 877 g/mol. The van der Waals surface area contributed by atoms with Crippen LogP contribution in [0, 0.1) is 0 Å². The minimum atomic E-state index is -0.800. The summed E-state index contributed by atoms with van der Waals surface area (Å²) in [5.41, 5.74) is 0. The lowest BCUT2D eigenvalue weighted by molar-refractivity contribution is -0.167. The third-order valence-electron chi connectivity index (χ3n) is 10.9. The molecule has 6 nitrogen and oxygen atoms in total. The average Bonchev–Trinajstić information content (AvgIpc) is 3.28. The maximum Gasteiger partial charge on any atom is 0.306 e. The molecular weight excluding hydrogens is 781 g/mol. The van der Waals surface area contributed by atoms with Crippen LogP contribution in [0.3, 0.4) is 0 Å². The van der Waals surface area contributed by atoms with Crippen LogP contribution in [0.5, 0.6) is 0 Å². The molecule has 0 N–H and O–H groups in total. The van der Waals surface area contributed by atoms with E-state index in [9.17, 15) is 14.4 Å². The molecule has 0 saturated carbocycles. The molecule has 0 aromatic carbocycles. The van der Waals surface area contributed by atoms with Gasteiger partial charge in [0.05, 0.1) is 0 Å². The van der Waals surface area contributed by atoms with Gasteiger partial charge in [-0.25, -0.2) is 0 Å². The Balaban J connectivity index is 4.45. The summed E-state index contributed by atoms with van der Waals surface area (Å²) in [5.74, 6) is -0.948. The van der Waals surface area contributed by atoms with Crippen LogP contribution in [-0.4, -0.2) is 37.2 Å². The van der Waals surface area contributed by atoms with Crippen LogP contribution in [0.25, 0.3) is 0 Å². The predicted octanol–water partition coefficient (Wildman–Crippen LogP) is 17.2. The van der Waals surface area contributed by atoms with Gasteiger partial charge in [-0.2, -0.15) is 0 Å². The smallest absolute Gasteiger partial charge is 0.306 e. The second kappa shape index (κ2) is 51.2. The van der Waals surface area contributed by atoms with Crippen LogP contribution < -0.4 is 0 Å². The zero-order valence-electron chi connectivity index (χ0n) is 41.1. The summed E-state index contributed by atoms with van der Waals surface area (Å²) in [6.07, 6.45) is 65.7. The van der Waals surface area contributed by atoms with E-state index in [1.807, 2.05) is 0 Å². The van der Waals surface area contributed by atoms with Crippen LogP contribution in [0.2, 0.25) is 0 Å². The molecule has 0 spiro atoms. The standard InChI is InChI=1S/C57H96O6/c1-4-7-10-13-16-19-22-25-27-29-31-32-35-38-41-44-47-50-56(59)62-53-54(52-61-55(58)49-46-43-40-37-34-24-21-18-15-12-9-6-3)63-57(60)51-48-45-42-39-36-33-30-28-26-23-20-17-14-11-8-5-2/h8-9,11-12,17-18,20-21,25-28,33,36,54H,4-7,10,13-16,19,22-24,29-32,34-35,37-53H2,1-3H3/b11-8-,12-9-,20-17-,21-18-,27-25-,28-26-,36-33-. The maximum absolute atomic E-state index is 12.8. The van der Waals surface area contributed by atoms with Gasteiger partial charge in [0, 0.05) is 19.3 Å². The normalized spacial score (nSPS) is 12.7. The molecule has 0 aromatic rings. The second-order valence-corrected chi connectivity index (χ2v) is 17.0. The molecular formula is C57H96O6. The van der Waals surface area contributed by atoms with Crippen molar-refractivity contribution >= 4 is 17.9 Å². The first-order valence-corrected chi connectivity index (χ1v) is 26.1. The van der Waals surface area contributed by atoms with Crippen molar-refractivity contribution in [3.05, 3.63) is 85.1 Å². The molecule has 0 aliphatic carbocycles. The highest BCUT2D eigenvalue weighted by atomic mass is 16.6. The molecule has 0 aromatic heterocycles. The number of hydrogen-bond acceptors (Lipinski definition) is 6. The van der Waals surface area contributed by atoms with E-state index in [1.54, 1.807) is 0 Å². The Hall–Kier alpha value is -3.41. The van der Waals surface area contributed by atoms with Crippen molar-refractivity contribution in [2.75, 3.05) is 13.2 Å². The van der Waals surface area contributed by atoms with E-state index in [4.69, 9.17) is 14.2 Å². The summed E-state index contributed by atoms with van der Waals surface area (Å²) in [7, 11) is 0. The lowest BCUT2D eigenvalue weighted by atomic mass is 10.1. The third-order valence-corrected chi connectivity index (χ3v) is 10.9. The lowest BCUT2D eigenvalue weighted by Crippen LogP contribution is -2.30. The highest BCUT2D eigenvalue weighted by molar-refractivity contribution is 5.71. The van der Waals surface area contributed by atoms with Gasteiger partial charge in [-0.3, -0.25) is 14.4 Å². The fourth-order valence-electron chi connectivity index (χ4n) is 6.99. The van der Waals surface area contributed by atoms with Gasteiger partial charge in [-0.15, -0.1) is 0 Å². The molecule has 6 heteroatoms. The summed E-state index contributed by atoms with van der Waals surface area (Å²) in [5, 5.41) is 0. The molecule has 0 amide bonds. The van der Waals surface area contributed by atoms with Crippen molar-refractivity contribution in [3.63, 3.8) is 0 Å². The lowest BCUT2D eigenvalue weighted by Gasteiger charge is -2.18. The Morgan fingerprint density at radius 1 is 0.333 bits per heavy atom. The Kier molecular flexibility index (Phi) is 48.5. The molecule has 0 fully saturated rings. The van der Waals surface area contributed by atoms with Gasteiger partial charge in [-0.05, 0) is 109 Å². The Morgan fingerprint density at radius 3 is 1.00 bits per heavy atom. The molecule has 0 heterocycles. The van der Waals surface area contributed by atoms with Crippen LogP contribution >= 0.6 is 0 Å². The zero-order chi connectivity index (χ0) is 45.8. The van der Waals surface area contributed by atoms with Gasteiger partial charge in [0.25, 0.3) is 0 Å². The molecule has 0 bridgehead atoms. The number of esters is 3. The minimum Gasteiger partial charge on any atom is -0.462 e. The van der Waals surface area contributed by atoms with Crippen molar-refractivity contribution in [1.29, 1.82) is 0 Å². The van der Waals surface area contributed by atoms with E-state index in [1.165, 1.54) is 77.0 Å². The van der Waals surface area contributed by atoms with Crippen LogP contribution in [0.4, 0.5) is 0 Å². The van der Waals surface area contributed by atoms with Gasteiger partial charge in [-0.1, -0.05) is 196 Å². The summed E-state index contributed by atoms with van der Waals surface area (Å²) < 4.78 is 16.8. The third kappa shape index (κ3) is 49.5. The number of carbonyl (C=O) groups is 3. The Labute approximate surface area is 388 Å². The first-order chi connectivity index (χ1) is 31.0. The van der Waals surface area contributed by atoms with Gasteiger partial charge < -0.3 is 14.2 Å². The Morgan fingerprint density at radius 2 is 0.619 bits per heavy atom. The predicted molar refractivity (Wildman–Crippen MR) is 270 cm³/mol. The number of hydrogen-bond donors (Lipinski definition) is 0. The van der Waals surface area contributed by atoms with Crippen molar-refractivity contribution < 1.29 is 28.6 Å². The largest absolute Gasteiger partial charge is 0.462 e. The molecule has 0 radical (unpaired) electrons. The fraction of sp³-hybridized carbons (Fsp3) is 0.702. The SMILES string of the molecule is CC/C=C\C/C=C\C/C=C\C/C=C\CCCCCC(=O)OC(COC(=O)CCCCCCC/C=C\C/C=C\CC)COC(=O)CCCCCCCCC/C=C\CCCCCCCC. The van der Waals surface area contributed by atoms with E-state index < -0.39 is 6.10 Å². The summed E-state index contributed by atoms with van der Waals surface area (Å²) in [6, 6.07) is 0. The molecule has 0 aliphatic heterocycles. The summed E-state index contributed by atoms with van der Waals surface area (Å²) in [4.78, 5) is 38.0. The number of unbranched alkanes of at least 4 members (excludes halogenated alkanes) is 21. The second-order valence-electron chi connectivity index (χ2n) is 17.0. The van der Waals surface area contributed by atoms with Crippen LogP contribution in [0.15, 0.2) is 85.1 Å². The molecule has 360 valence electrons. The molecule has 1 unspecified atom stereocenters. The van der Waals surface area contributed by atoms with Crippen molar-refractivity contribution in [3.8, 4) is 0 Å². The zero-order valence-corrected chi connectivity index (χ0v) is 41.1. The highest BCUT2D eigenvalue weighted by Gasteiger charge is 2.19. The molecule has 0 saturated heterocycles. The number of rotatable bonds is 46. The summed E-state index contributed by atoms with van der Waals surface area (Å²) in [6.45, 7) is 6.36. The maximum atomic E-state index is 12.8. The van der Waals surface area contributed by atoms with Crippen molar-refractivity contribution in [2.45, 2.75) is 245 Å². The topological polar surface area (TPSA) is 78.9 Å². The van der Waals surface area contributed by atoms with Gasteiger partial charge in [0.15, 0.2) is 6.10 Å². The first kappa shape index (κ1) is 59.6. The van der Waals surface area contributed by atoms with Gasteiger partial charge in [0.1, 0.15) is 13.2 Å². The van der Waals surface area contributed by atoms with E-state index >= 15 is 0 Å². The average molecular weight is 877 g/mol. The van der Waals surface area contributed by atoms with E-state index in [0.717, 1.165) is 122 Å². The van der Waals surface area contributed by atoms with Gasteiger partial charge >= 0.3 is 17.9 Å². The van der Waals surface area contributed by atoms with Crippen LogP contribution in [-0.2, 0) is 28.6 Å². The minimum absolute atomic E-state index is 0.0968. The van der Waals surface area contributed by atoms with Crippen LogP contribution in [0.1, 0.15) is 239 Å². The number of ether oxygens (including phenoxy) is 3. The molecule has 1 atom stereocenters. The molecule has 0 aliphatic rings. The summed E-state index contributed by atoms with van der Waals surface area (Å²) >= 11 is 0. The van der Waals surface area contributed by atoms with E-state index in [2.05, 4.69) is 106 Å². The van der Waals surface area contributed by atoms with Crippen molar-refractivity contribution in [1.82, 2.24) is 0 Å². The first-order valence-electron chi connectivity index (χ1n) is 26.1. The molecule has 63 heavy (non-hydrogen) atoms. The quantitative estimate of drug-likeness (QED) is 0.0262. The number of allylic oxidation sites excluding steroid dienone is 14. The fourth-order valence-corrected chi connectivity index (χ4v) is 6.99. The van der Waals surface area contributed by atoms with Crippen molar-refractivity contribution in [2.24, 2.45) is 0 Å². The Bertz CT molecular complexity index is 1240. The number of carbonyl (C=O) groups excluding carboxylic acids is 3. The highest BCUT2D eigenvalue weighted by Crippen LogP contribution is 2.14.